The van der Waals surface area contributed by atoms with E-state index in [0.29, 0.717) is 11.4 Å². The van der Waals surface area contributed by atoms with E-state index in [9.17, 15) is 9.90 Å². The third-order valence-corrected chi connectivity index (χ3v) is 2.69. The second-order valence-corrected chi connectivity index (χ2v) is 3.63. The second kappa shape index (κ2) is 3.90. The van der Waals surface area contributed by atoms with Gasteiger partial charge in [-0.2, -0.15) is 5.10 Å². The molecule has 2 atom stereocenters. The molecule has 6 nitrogen and oxygen atoms in total. The fourth-order valence-electron chi connectivity index (χ4n) is 1.55. The van der Waals surface area contributed by atoms with Crippen LogP contribution in [-0.2, 0) is 0 Å². The van der Waals surface area contributed by atoms with Gasteiger partial charge in [-0.25, -0.2) is 0 Å². The van der Waals surface area contributed by atoms with Gasteiger partial charge >= 0.3 is 0 Å². The van der Waals surface area contributed by atoms with Gasteiger partial charge in [0.2, 0.25) is 0 Å². The van der Waals surface area contributed by atoms with Crippen LogP contribution in [0.25, 0.3) is 0 Å². The minimum absolute atomic E-state index is 0.114. The number of anilines is 1. The van der Waals surface area contributed by atoms with Crippen molar-refractivity contribution in [1.82, 2.24) is 15.5 Å². The Balaban J connectivity index is 2.01. The van der Waals surface area contributed by atoms with Gasteiger partial charge < -0.3 is 15.7 Å². The number of aromatic nitrogens is 2. The predicted octanol–water partition coefficient (Wildman–Crippen LogP) is -0.296. The number of amides is 1. The number of carbonyl (C=O) groups excluding carboxylic acids is 1. The number of aliphatic hydroxyl groups is 1. The van der Waals surface area contributed by atoms with E-state index in [-0.39, 0.29) is 11.9 Å². The number of hydrogen-bond acceptors (Lipinski definition) is 4. The number of rotatable bonds is 3. The molecular formula is C9H14N4O2. The van der Waals surface area contributed by atoms with Gasteiger partial charge in [-0.05, 0) is 12.8 Å². The molecule has 1 aromatic heterocycles. The van der Waals surface area contributed by atoms with Crippen LogP contribution in [0.15, 0.2) is 6.20 Å². The van der Waals surface area contributed by atoms with E-state index in [1.54, 1.807) is 7.05 Å². The summed E-state index contributed by atoms with van der Waals surface area (Å²) in [5.74, 6) is 0.373. The Morgan fingerprint density at radius 2 is 2.47 bits per heavy atom. The van der Waals surface area contributed by atoms with Gasteiger partial charge in [0, 0.05) is 7.05 Å². The molecule has 1 aliphatic carbocycles. The summed E-state index contributed by atoms with van der Waals surface area (Å²) in [5, 5.41) is 21.4. The van der Waals surface area contributed by atoms with Crippen LogP contribution >= 0.6 is 0 Å². The van der Waals surface area contributed by atoms with Gasteiger partial charge in [0.1, 0.15) is 11.4 Å². The van der Waals surface area contributed by atoms with Crippen molar-refractivity contribution in [2.75, 3.05) is 12.4 Å². The van der Waals surface area contributed by atoms with Crippen LogP contribution in [0.1, 0.15) is 23.2 Å². The second-order valence-electron chi connectivity index (χ2n) is 3.63. The quantitative estimate of drug-likeness (QED) is 0.551. The van der Waals surface area contributed by atoms with E-state index in [0.717, 1.165) is 12.8 Å². The molecule has 1 amide bonds. The van der Waals surface area contributed by atoms with Crippen molar-refractivity contribution in [3.05, 3.63) is 11.8 Å². The standard InChI is InChI=1S/C9H14N4O2/c1-10-8-5(4-11-13-8)9(15)12-6-2-3-7(6)14/h4,6-7,14H,2-3H2,1H3,(H,12,15)(H2,10,11,13)/t6-,7+/m0/s1. The molecule has 1 aromatic rings. The molecule has 0 aromatic carbocycles. The highest BCUT2D eigenvalue weighted by Gasteiger charge is 2.30. The molecule has 0 radical (unpaired) electrons. The molecular weight excluding hydrogens is 196 g/mol. The average molecular weight is 210 g/mol. The first-order valence-electron chi connectivity index (χ1n) is 4.92. The summed E-state index contributed by atoms with van der Waals surface area (Å²) in [5.41, 5.74) is 0.469. The smallest absolute Gasteiger partial charge is 0.256 e. The minimum Gasteiger partial charge on any atom is -0.391 e. The van der Waals surface area contributed by atoms with E-state index < -0.39 is 6.10 Å². The summed E-state index contributed by atoms with van der Waals surface area (Å²) in [4.78, 5) is 11.7. The molecule has 1 fully saturated rings. The van der Waals surface area contributed by atoms with Crippen molar-refractivity contribution in [2.45, 2.75) is 25.0 Å². The zero-order valence-corrected chi connectivity index (χ0v) is 8.45. The summed E-state index contributed by atoms with van der Waals surface area (Å²) in [6.45, 7) is 0. The van der Waals surface area contributed by atoms with Gasteiger partial charge in [-0.3, -0.25) is 9.89 Å². The first kappa shape index (κ1) is 9.97. The lowest BCUT2D eigenvalue weighted by Gasteiger charge is -2.32. The monoisotopic (exact) mass is 210 g/mol. The fraction of sp³-hybridized carbons (Fsp3) is 0.556. The summed E-state index contributed by atoms with van der Waals surface area (Å²) < 4.78 is 0. The summed E-state index contributed by atoms with van der Waals surface area (Å²) in [7, 11) is 1.71. The van der Waals surface area contributed by atoms with Crippen molar-refractivity contribution in [3.8, 4) is 0 Å². The predicted molar refractivity (Wildman–Crippen MR) is 54.6 cm³/mol. The Labute approximate surface area is 87.1 Å². The van der Waals surface area contributed by atoms with Crippen LogP contribution in [0.4, 0.5) is 5.82 Å². The Kier molecular flexibility index (Phi) is 2.59. The Morgan fingerprint density at radius 3 is 3.00 bits per heavy atom. The molecule has 4 N–H and O–H groups in total. The molecule has 2 rings (SSSR count). The molecule has 0 bridgehead atoms. The van der Waals surface area contributed by atoms with Crippen LogP contribution in [0.2, 0.25) is 0 Å². The number of hydrogen-bond donors (Lipinski definition) is 4. The first-order chi connectivity index (χ1) is 7.22. The van der Waals surface area contributed by atoms with Crippen LogP contribution in [-0.4, -0.2) is 40.4 Å². The number of nitrogens with one attached hydrogen (secondary N) is 3. The van der Waals surface area contributed by atoms with Gasteiger partial charge in [0.25, 0.3) is 5.91 Å². The maximum absolute atomic E-state index is 11.7. The number of H-pyrrole nitrogens is 1. The normalized spacial score (nSPS) is 24.4. The van der Waals surface area contributed by atoms with Crippen molar-refractivity contribution in [2.24, 2.45) is 0 Å². The van der Waals surface area contributed by atoms with Crippen molar-refractivity contribution in [3.63, 3.8) is 0 Å². The SMILES string of the molecule is CNc1[nH]ncc1C(=O)N[C@H]1CC[C@H]1O. The molecule has 15 heavy (non-hydrogen) atoms. The first-order valence-corrected chi connectivity index (χ1v) is 4.92. The Morgan fingerprint density at radius 1 is 1.67 bits per heavy atom. The summed E-state index contributed by atoms with van der Waals surface area (Å²) in [6.07, 6.45) is 2.65. The summed E-state index contributed by atoms with van der Waals surface area (Å²) >= 11 is 0. The van der Waals surface area contributed by atoms with Crippen molar-refractivity contribution in [1.29, 1.82) is 0 Å². The Hall–Kier alpha value is -1.56. The summed E-state index contributed by atoms with van der Waals surface area (Å²) in [6, 6.07) is -0.114. The van der Waals surface area contributed by atoms with Gasteiger partial charge in [0.05, 0.1) is 18.3 Å². The number of aliphatic hydroxyl groups excluding tert-OH is 1. The Bertz CT molecular complexity index is 363. The zero-order valence-electron chi connectivity index (χ0n) is 8.45. The van der Waals surface area contributed by atoms with E-state index in [2.05, 4.69) is 20.8 Å². The van der Waals surface area contributed by atoms with Crippen molar-refractivity contribution >= 4 is 11.7 Å². The maximum Gasteiger partial charge on any atom is 0.256 e. The highest BCUT2D eigenvalue weighted by Crippen LogP contribution is 2.20. The van der Waals surface area contributed by atoms with Crippen LogP contribution < -0.4 is 10.6 Å². The van der Waals surface area contributed by atoms with Crippen LogP contribution in [0.5, 0.6) is 0 Å². The lowest BCUT2D eigenvalue weighted by molar-refractivity contribution is 0.0448. The van der Waals surface area contributed by atoms with Crippen LogP contribution in [0.3, 0.4) is 0 Å². The molecule has 0 aliphatic heterocycles. The molecule has 1 saturated carbocycles. The average Bonchev–Trinajstić information content (AvgIpc) is 2.71. The number of carbonyl (C=O) groups is 1. The molecule has 0 unspecified atom stereocenters. The van der Waals surface area contributed by atoms with Gasteiger partial charge in [0.15, 0.2) is 0 Å². The number of nitrogens with zero attached hydrogens (tertiary/aromatic N) is 1. The van der Waals surface area contributed by atoms with E-state index >= 15 is 0 Å². The molecule has 1 aliphatic rings. The molecule has 82 valence electrons. The molecule has 1 heterocycles. The fourth-order valence-corrected chi connectivity index (χ4v) is 1.55. The van der Waals surface area contributed by atoms with E-state index in [4.69, 9.17) is 0 Å². The van der Waals surface area contributed by atoms with Crippen LogP contribution in [0, 0.1) is 0 Å². The van der Waals surface area contributed by atoms with Gasteiger partial charge in [-0.15, -0.1) is 0 Å². The third kappa shape index (κ3) is 1.80. The topological polar surface area (TPSA) is 90.0 Å². The van der Waals surface area contributed by atoms with Crippen molar-refractivity contribution < 1.29 is 9.90 Å². The minimum atomic E-state index is -0.404. The number of aromatic amines is 1. The highest BCUT2D eigenvalue weighted by molar-refractivity contribution is 5.98. The molecule has 0 spiro atoms. The van der Waals surface area contributed by atoms with Gasteiger partial charge in [-0.1, -0.05) is 0 Å². The largest absolute Gasteiger partial charge is 0.391 e. The van der Waals surface area contributed by atoms with E-state index in [1.807, 2.05) is 0 Å². The zero-order chi connectivity index (χ0) is 10.8. The lowest BCUT2D eigenvalue weighted by atomic mass is 9.89. The maximum atomic E-state index is 11.7. The molecule has 0 saturated heterocycles. The lowest BCUT2D eigenvalue weighted by Crippen LogP contribution is -2.50. The third-order valence-electron chi connectivity index (χ3n) is 2.69. The molecule has 6 heteroatoms. The van der Waals surface area contributed by atoms with E-state index in [1.165, 1.54) is 6.20 Å². The highest BCUT2D eigenvalue weighted by atomic mass is 16.3.